The highest BCUT2D eigenvalue weighted by atomic mass is 35.5. The Morgan fingerprint density at radius 3 is 2.24 bits per heavy atom. The SMILES string of the molecule is OCc1ccc(CNc2ccccc2Cl)cc1. The highest BCUT2D eigenvalue weighted by Crippen LogP contribution is 2.21. The molecule has 0 heterocycles. The molecule has 0 amide bonds. The molecule has 0 fully saturated rings. The number of anilines is 1. The Balaban J connectivity index is 2.00. The molecule has 0 atom stereocenters. The van der Waals surface area contributed by atoms with Crippen molar-refractivity contribution in [1.82, 2.24) is 0 Å². The van der Waals surface area contributed by atoms with Gasteiger partial charge in [-0.3, -0.25) is 0 Å². The van der Waals surface area contributed by atoms with Gasteiger partial charge in [0.2, 0.25) is 0 Å². The van der Waals surface area contributed by atoms with E-state index in [2.05, 4.69) is 5.32 Å². The first-order valence-electron chi connectivity index (χ1n) is 5.46. The number of aliphatic hydroxyl groups excluding tert-OH is 1. The van der Waals surface area contributed by atoms with E-state index >= 15 is 0 Å². The number of halogens is 1. The molecule has 2 rings (SSSR count). The zero-order chi connectivity index (χ0) is 12.1. The molecule has 3 heteroatoms. The summed E-state index contributed by atoms with van der Waals surface area (Å²) in [5.41, 5.74) is 3.01. The van der Waals surface area contributed by atoms with Gasteiger partial charge < -0.3 is 10.4 Å². The van der Waals surface area contributed by atoms with E-state index in [0.29, 0.717) is 0 Å². The molecule has 0 saturated carbocycles. The fourth-order valence-corrected chi connectivity index (χ4v) is 1.77. The second-order valence-corrected chi connectivity index (χ2v) is 4.22. The standard InChI is InChI=1S/C14H14ClNO/c15-13-3-1-2-4-14(13)16-9-11-5-7-12(10-17)8-6-11/h1-8,16-17H,9-10H2. The summed E-state index contributed by atoms with van der Waals surface area (Å²) in [6.45, 7) is 0.799. The molecular weight excluding hydrogens is 234 g/mol. The van der Waals surface area contributed by atoms with E-state index in [0.717, 1.165) is 28.4 Å². The van der Waals surface area contributed by atoms with Crippen LogP contribution in [0.3, 0.4) is 0 Å². The first-order chi connectivity index (χ1) is 8.29. The first-order valence-corrected chi connectivity index (χ1v) is 5.84. The molecule has 2 N–H and O–H groups in total. The van der Waals surface area contributed by atoms with Crippen molar-refractivity contribution in [2.45, 2.75) is 13.2 Å². The van der Waals surface area contributed by atoms with Crippen molar-refractivity contribution in [2.24, 2.45) is 0 Å². The van der Waals surface area contributed by atoms with Crippen LogP contribution >= 0.6 is 11.6 Å². The van der Waals surface area contributed by atoms with Gasteiger partial charge in [-0.2, -0.15) is 0 Å². The van der Waals surface area contributed by atoms with Gasteiger partial charge in [-0.15, -0.1) is 0 Å². The minimum Gasteiger partial charge on any atom is -0.392 e. The number of rotatable bonds is 4. The van der Waals surface area contributed by atoms with E-state index in [4.69, 9.17) is 16.7 Å². The number of nitrogens with one attached hydrogen (secondary N) is 1. The summed E-state index contributed by atoms with van der Waals surface area (Å²) in [7, 11) is 0. The van der Waals surface area contributed by atoms with Crippen LogP contribution in [-0.2, 0) is 13.2 Å². The average molecular weight is 248 g/mol. The van der Waals surface area contributed by atoms with Crippen molar-refractivity contribution in [2.75, 3.05) is 5.32 Å². The third-order valence-electron chi connectivity index (χ3n) is 2.56. The van der Waals surface area contributed by atoms with Crippen molar-refractivity contribution in [3.8, 4) is 0 Å². The van der Waals surface area contributed by atoms with Crippen LogP contribution in [0.4, 0.5) is 5.69 Å². The van der Waals surface area contributed by atoms with Crippen LogP contribution in [0.1, 0.15) is 11.1 Å². The number of para-hydroxylation sites is 1. The Labute approximate surface area is 106 Å². The van der Waals surface area contributed by atoms with Gasteiger partial charge in [-0.1, -0.05) is 48.0 Å². The topological polar surface area (TPSA) is 32.3 Å². The van der Waals surface area contributed by atoms with Crippen molar-refractivity contribution < 1.29 is 5.11 Å². The van der Waals surface area contributed by atoms with Crippen LogP contribution in [-0.4, -0.2) is 5.11 Å². The van der Waals surface area contributed by atoms with E-state index in [-0.39, 0.29) is 6.61 Å². The summed E-state index contributed by atoms with van der Waals surface area (Å²) in [5, 5.41) is 12.9. The van der Waals surface area contributed by atoms with E-state index in [9.17, 15) is 0 Å². The minimum atomic E-state index is 0.0816. The highest BCUT2D eigenvalue weighted by molar-refractivity contribution is 6.33. The summed E-state index contributed by atoms with van der Waals surface area (Å²) in [6, 6.07) is 15.5. The lowest BCUT2D eigenvalue weighted by Crippen LogP contribution is -1.99. The fourth-order valence-electron chi connectivity index (χ4n) is 1.56. The molecule has 0 saturated heterocycles. The predicted octanol–water partition coefficient (Wildman–Crippen LogP) is 3.44. The summed E-state index contributed by atoms with van der Waals surface area (Å²) in [5.74, 6) is 0. The van der Waals surface area contributed by atoms with Gasteiger partial charge in [0.1, 0.15) is 0 Å². The maximum Gasteiger partial charge on any atom is 0.0681 e. The van der Waals surface area contributed by atoms with Gasteiger partial charge in [0.15, 0.2) is 0 Å². The van der Waals surface area contributed by atoms with Gasteiger partial charge in [0, 0.05) is 6.54 Å². The van der Waals surface area contributed by atoms with Gasteiger partial charge in [-0.25, -0.2) is 0 Å². The largest absolute Gasteiger partial charge is 0.392 e. The van der Waals surface area contributed by atoms with E-state index in [1.54, 1.807) is 0 Å². The molecule has 0 bridgehead atoms. The van der Waals surface area contributed by atoms with E-state index < -0.39 is 0 Å². The minimum absolute atomic E-state index is 0.0816. The average Bonchev–Trinajstić information content (AvgIpc) is 2.38. The van der Waals surface area contributed by atoms with Gasteiger partial charge >= 0.3 is 0 Å². The number of hydrogen-bond acceptors (Lipinski definition) is 2. The molecule has 2 nitrogen and oxygen atoms in total. The molecule has 0 radical (unpaired) electrons. The zero-order valence-corrected chi connectivity index (χ0v) is 10.1. The number of aliphatic hydroxyl groups is 1. The van der Waals surface area contributed by atoms with E-state index in [1.165, 1.54) is 0 Å². The van der Waals surface area contributed by atoms with Crippen LogP contribution in [0.2, 0.25) is 5.02 Å². The second kappa shape index (κ2) is 5.71. The Hall–Kier alpha value is -1.51. The third kappa shape index (κ3) is 3.22. The van der Waals surface area contributed by atoms with Crippen LogP contribution < -0.4 is 5.32 Å². The van der Waals surface area contributed by atoms with Crippen molar-refractivity contribution in [3.05, 3.63) is 64.7 Å². The second-order valence-electron chi connectivity index (χ2n) is 3.81. The van der Waals surface area contributed by atoms with Gasteiger partial charge in [0.25, 0.3) is 0 Å². The molecule has 0 aliphatic rings. The zero-order valence-electron chi connectivity index (χ0n) is 9.36. The molecule has 2 aromatic carbocycles. The maximum absolute atomic E-state index is 8.94. The Morgan fingerprint density at radius 1 is 0.941 bits per heavy atom. The molecule has 0 aromatic heterocycles. The molecular formula is C14H14ClNO. The lowest BCUT2D eigenvalue weighted by molar-refractivity contribution is 0.282. The van der Waals surface area contributed by atoms with Crippen molar-refractivity contribution in [1.29, 1.82) is 0 Å². The first kappa shape index (κ1) is 12.0. The lowest BCUT2D eigenvalue weighted by atomic mass is 10.1. The molecule has 2 aromatic rings. The summed E-state index contributed by atoms with van der Waals surface area (Å²) >= 11 is 6.04. The van der Waals surface area contributed by atoms with Crippen LogP contribution in [0.5, 0.6) is 0 Å². The Kier molecular flexibility index (Phi) is 4.02. The Bertz CT molecular complexity index is 482. The summed E-state index contributed by atoms with van der Waals surface area (Å²) in [4.78, 5) is 0. The molecule has 0 unspecified atom stereocenters. The van der Waals surface area contributed by atoms with E-state index in [1.807, 2.05) is 48.5 Å². The number of benzene rings is 2. The van der Waals surface area contributed by atoms with Crippen LogP contribution in [0.15, 0.2) is 48.5 Å². The van der Waals surface area contributed by atoms with Crippen molar-refractivity contribution in [3.63, 3.8) is 0 Å². The number of hydrogen-bond donors (Lipinski definition) is 2. The van der Waals surface area contributed by atoms with Gasteiger partial charge in [-0.05, 0) is 23.3 Å². The monoisotopic (exact) mass is 247 g/mol. The molecule has 0 aliphatic carbocycles. The summed E-state index contributed by atoms with van der Waals surface area (Å²) in [6.07, 6.45) is 0. The van der Waals surface area contributed by atoms with Crippen molar-refractivity contribution >= 4 is 17.3 Å². The normalized spacial score (nSPS) is 10.2. The molecule has 0 spiro atoms. The maximum atomic E-state index is 8.94. The fraction of sp³-hybridized carbons (Fsp3) is 0.143. The Morgan fingerprint density at radius 2 is 1.59 bits per heavy atom. The predicted molar refractivity (Wildman–Crippen MR) is 71.1 cm³/mol. The lowest BCUT2D eigenvalue weighted by Gasteiger charge is -2.08. The molecule has 0 aliphatic heterocycles. The molecule has 88 valence electrons. The van der Waals surface area contributed by atoms with Gasteiger partial charge in [0.05, 0.1) is 17.3 Å². The van der Waals surface area contributed by atoms with Crippen LogP contribution in [0.25, 0.3) is 0 Å². The third-order valence-corrected chi connectivity index (χ3v) is 2.89. The quantitative estimate of drug-likeness (QED) is 0.868. The van der Waals surface area contributed by atoms with Crippen LogP contribution in [0, 0.1) is 0 Å². The smallest absolute Gasteiger partial charge is 0.0681 e. The highest BCUT2D eigenvalue weighted by Gasteiger charge is 1.98. The summed E-state index contributed by atoms with van der Waals surface area (Å²) < 4.78 is 0. The molecule has 17 heavy (non-hydrogen) atoms.